The third kappa shape index (κ3) is 2.83. The number of anilines is 1. The molecule has 0 atom stereocenters. The number of nitrogens with one attached hydrogen (secondary N) is 2. The van der Waals surface area contributed by atoms with Gasteiger partial charge in [-0.1, -0.05) is 18.5 Å². The van der Waals surface area contributed by atoms with E-state index in [2.05, 4.69) is 5.32 Å². The Morgan fingerprint density at radius 3 is 2.62 bits per heavy atom. The number of carbonyl (C=O) groups is 1. The Labute approximate surface area is 100 Å². The lowest BCUT2D eigenvalue weighted by molar-refractivity contribution is -0.115. The van der Waals surface area contributed by atoms with E-state index >= 15 is 0 Å². The Kier molecular flexibility index (Phi) is 4.07. The van der Waals surface area contributed by atoms with Crippen LogP contribution in [0.4, 0.5) is 5.69 Å². The summed E-state index contributed by atoms with van der Waals surface area (Å²) in [5, 5.41) is 10.9. The van der Waals surface area contributed by atoms with Gasteiger partial charge in [0.25, 0.3) is 0 Å². The Morgan fingerprint density at radius 1 is 1.50 bits per heavy atom. The van der Waals surface area contributed by atoms with Crippen molar-refractivity contribution in [3.05, 3.63) is 28.3 Å². The third-order valence-corrected chi connectivity index (χ3v) is 2.50. The first-order valence-corrected chi connectivity index (χ1v) is 5.49. The standard InChI is InChI=1S/C12H15ClN2O/c1-4-11(16)15-10-6-7(2)5-9(13)12(10)8(3)14/h5-6,14H,4H2,1-3H3,(H,15,16). The summed E-state index contributed by atoms with van der Waals surface area (Å²) >= 11 is 6.06. The van der Waals surface area contributed by atoms with Crippen molar-refractivity contribution in [2.75, 3.05) is 5.32 Å². The number of hydrogen-bond donors (Lipinski definition) is 2. The van der Waals surface area contributed by atoms with Gasteiger partial charge in [0.2, 0.25) is 5.91 Å². The monoisotopic (exact) mass is 238 g/mol. The van der Waals surface area contributed by atoms with Crippen LogP contribution < -0.4 is 5.32 Å². The number of carbonyl (C=O) groups excluding carboxylic acids is 1. The van der Waals surface area contributed by atoms with Crippen molar-refractivity contribution in [3.63, 3.8) is 0 Å². The van der Waals surface area contributed by atoms with Crippen molar-refractivity contribution < 1.29 is 4.79 Å². The van der Waals surface area contributed by atoms with Crippen molar-refractivity contribution in [1.82, 2.24) is 0 Å². The lowest BCUT2D eigenvalue weighted by atomic mass is 10.1. The van der Waals surface area contributed by atoms with Crippen molar-refractivity contribution in [1.29, 1.82) is 5.41 Å². The number of aryl methyl sites for hydroxylation is 1. The van der Waals surface area contributed by atoms with Gasteiger partial charge in [0, 0.05) is 17.7 Å². The molecule has 0 aliphatic rings. The molecule has 0 aliphatic heterocycles. The molecule has 0 unspecified atom stereocenters. The fourth-order valence-electron chi connectivity index (χ4n) is 1.46. The molecule has 16 heavy (non-hydrogen) atoms. The fraction of sp³-hybridized carbons (Fsp3) is 0.333. The Balaban J connectivity index is 3.24. The number of amides is 1. The topological polar surface area (TPSA) is 53.0 Å². The maximum Gasteiger partial charge on any atom is 0.224 e. The Bertz CT molecular complexity index is 441. The molecule has 0 aliphatic carbocycles. The largest absolute Gasteiger partial charge is 0.325 e. The maximum absolute atomic E-state index is 11.4. The van der Waals surface area contributed by atoms with E-state index in [-0.39, 0.29) is 5.91 Å². The summed E-state index contributed by atoms with van der Waals surface area (Å²) in [6.45, 7) is 5.33. The molecular formula is C12H15ClN2O. The highest BCUT2D eigenvalue weighted by Gasteiger charge is 2.12. The minimum atomic E-state index is -0.0795. The summed E-state index contributed by atoms with van der Waals surface area (Å²) < 4.78 is 0. The normalized spacial score (nSPS) is 10.0. The van der Waals surface area contributed by atoms with Gasteiger partial charge in [0.05, 0.1) is 10.7 Å². The fourth-order valence-corrected chi connectivity index (χ4v) is 1.88. The van der Waals surface area contributed by atoms with Crippen LogP contribution in [0.3, 0.4) is 0 Å². The van der Waals surface area contributed by atoms with Crippen LogP contribution >= 0.6 is 11.6 Å². The molecule has 86 valence electrons. The van der Waals surface area contributed by atoms with Crippen LogP contribution in [-0.4, -0.2) is 11.6 Å². The summed E-state index contributed by atoms with van der Waals surface area (Å²) in [6.07, 6.45) is 0.405. The smallest absolute Gasteiger partial charge is 0.224 e. The number of rotatable bonds is 3. The SMILES string of the molecule is CCC(=O)Nc1cc(C)cc(Cl)c1C(C)=N. The van der Waals surface area contributed by atoms with E-state index in [4.69, 9.17) is 17.0 Å². The molecule has 1 aromatic rings. The van der Waals surface area contributed by atoms with Crippen molar-refractivity contribution in [2.45, 2.75) is 27.2 Å². The van der Waals surface area contributed by atoms with Gasteiger partial charge in [-0.15, -0.1) is 0 Å². The Morgan fingerprint density at radius 2 is 2.12 bits per heavy atom. The second-order valence-electron chi connectivity index (χ2n) is 3.70. The van der Waals surface area contributed by atoms with Gasteiger partial charge in [-0.3, -0.25) is 4.79 Å². The van der Waals surface area contributed by atoms with Gasteiger partial charge in [-0.25, -0.2) is 0 Å². The minimum absolute atomic E-state index is 0.0795. The van der Waals surface area contributed by atoms with Crippen molar-refractivity contribution >= 4 is 28.9 Å². The van der Waals surface area contributed by atoms with Gasteiger partial charge in [-0.2, -0.15) is 0 Å². The number of benzene rings is 1. The highest BCUT2D eigenvalue weighted by atomic mass is 35.5. The zero-order chi connectivity index (χ0) is 12.3. The first-order valence-electron chi connectivity index (χ1n) is 5.11. The van der Waals surface area contributed by atoms with E-state index in [1.807, 2.05) is 13.0 Å². The first kappa shape index (κ1) is 12.7. The molecule has 1 aromatic carbocycles. The highest BCUT2D eigenvalue weighted by Crippen LogP contribution is 2.27. The summed E-state index contributed by atoms with van der Waals surface area (Å²) in [4.78, 5) is 11.4. The van der Waals surface area contributed by atoms with Crippen molar-refractivity contribution in [3.8, 4) is 0 Å². The van der Waals surface area contributed by atoms with Gasteiger partial charge in [0.15, 0.2) is 0 Å². The van der Waals surface area contributed by atoms with E-state index in [1.165, 1.54) is 0 Å². The second-order valence-corrected chi connectivity index (χ2v) is 4.10. The van der Waals surface area contributed by atoms with Crippen LogP contribution in [0.1, 0.15) is 31.4 Å². The van der Waals surface area contributed by atoms with Crippen LogP contribution in [-0.2, 0) is 4.79 Å². The first-order chi connectivity index (χ1) is 7.45. The molecule has 0 heterocycles. The lowest BCUT2D eigenvalue weighted by Crippen LogP contribution is -2.13. The Hall–Kier alpha value is -1.35. The molecule has 2 N–H and O–H groups in total. The van der Waals surface area contributed by atoms with E-state index in [1.54, 1.807) is 19.9 Å². The average molecular weight is 239 g/mol. The molecule has 0 radical (unpaired) electrons. The number of halogens is 1. The molecular weight excluding hydrogens is 224 g/mol. The number of hydrogen-bond acceptors (Lipinski definition) is 2. The summed E-state index contributed by atoms with van der Waals surface area (Å²) in [7, 11) is 0. The molecule has 1 rings (SSSR count). The summed E-state index contributed by atoms with van der Waals surface area (Å²) in [5.74, 6) is -0.0795. The summed E-state index contributed by atoms with van der Waals surface area (Å²) in [5.41, 5.74) is 2.51. The molecule has 4 heteroatoms. The molecule has 0 aromatic heterocycles. The van der Waals surface area contributed by atoms with E-state index in [0.29, 0.717) is 28.4 Å². The van der Waals surface area contributed by atoms with Crippen molar-refractivity contribution in [2.24, 2.45) is 0 Å². The predicted molar refractivity (Wildman–Crippen MR) is 67.6 cm³/mol. The predicted octanol–water partition coefficient (Wildman–Crippen LogP) is 3.38. The zero-order valence-corrected chi connectivity index (χ0v) is 10.4. The highest BCUT2D eigenvalue weighted by molar-refractivity contribution is 6.35. The quantitative estimate of drug-likeness (QED) is 0.780. The van der Waals surface area contributed by atoms with Gasteiger partial charge >= 0.3 is 0 Å². The molecule has 3 nitrogen and oxygen atoms in total. The van der Waals surface area contributed by atoms with E-state index in [9.17, 15) is 4.79 Å². The zero-order valence-electron chi connectivity index (χ0n) is 9.65. The van der Waals surface area contributed by atoms with Crippen LogP contribution in [0.2, 0.25) is 5.02 Å². The van der Waals surface area contributed by atoms with E-state index in [0.717, 1.165) is 5.56 Å². The molecule has 1 amide bonds. The molecule has 0 saturated carbocycles. The second kappa shape index (κ2) is 5.12. The van der Waals surface area contributed by atoms with E-state index < -0.39 is 0 Å². The lowest BCUT2D eigenvalue weighted by Gasteiger charge is -2.12. The minimum Gasteiger partial charge on any atom is -0.325 e. The average Bonchev–Trinajstić information content (AvgIpc) is 2.15. The maximum atomic E-state index is 11.4. The molecule has 0 bridgehead atoms. The van der Waals surface area contributed by atoms with Crippen LogP contribution in [0.15, 0.2) is 12.1 Å². The van der Waals surface area contributed by atoms with Crippen LogP contribution in [0, 0.1) is 12.3 Å². The third-order valence-electron chi connectivity index (χ3n) is 2.20. The molecule has 0 saturated heterocycles. The van der Waals surface area contributed by atoms with Crippen LogP contribution in [0.5, 0.6) is 0 Å². The summed E-state index contributed by atoms with van der Waals surface area (Å²) in [6, 6.07) is 3.61. The molecule has 0 spiro atoms. The van der Waals surface area contributed by atoms with Gasteiger partial charge < -0.3 is 10.7 Å². The van der Waals surface area contributed by atoms with Gasteiger partial charge in [-0.05, 0) is 31.5 Å². The van der Waals surface area contributed by atoms with Crippen LogP contribution in [0.25, 0.3) is 0 Å². The molecule has 0 fully saturated rings. The van der Waals surface area contributed by atoms with Gasteiger partial charge in [0.1, 0.15) is 0 Å².